The fraction of sp³-hybridized carbons (Fsp3) is 0.158. The van der Waals surface area contributed by atoms with Crippen LogP contribution in [0.2, 0.25) is 0 Å². The maximum absolute atomic E-state index is 12.2. The Bertz CT molecular complexity index is 1070. The first kappa shape index (κ1) is 18.8. The number of imidazole rings is 1. The number of nitrogens with zero attached hydrogens (tertiary/aromatic N) is 3. The molecule has 1 N–H and O–H groups in total. The van der Waals surface area contributed by atoms with Crippen LogP contribution in [0.5, 0.6) is 11.5 Å². The fourth-order valence-corrected chi connectivity index (χ4v) is 3.58. The number of nitrogens with one attached hydrogen (secondary N) is 1. The zero-order valence-electron chi connectivity index (χ0n) is 15.1. The van der Waals surface area contributed by atoms with Gasteiger partial charge in [0.05, 0.1) is 10.7 Å². The molecule has 0 fully saturated rings. The Morgan fingerprint density at radius 1 is 1.24 bits per heavy atom. The fourth-order valence-electron chi connectivity index (χ4n) is 2.82. The highest BCUT2D eigenvalue weighted by Gasteiger charge is 2.15. The number of fused-ring (bicyclic) bond motifs is 1. The molecular weight excluding hydrogens is 396 g/mol. The molecule has 1 aliphatic rings. The summed E-state index contributed by atoms with van der Waals surface area (Å²) < 4.78 is 12.7. The lowest BCUT2D eigenvalue weighted by Gasteiger charge is -2.09. The molecule has 10 heteroatoms. The van der Waals surface area contributed by atoms with E-state index < -0.39 is 4.92 Å². The minimum atomic E-state index is -0.503. The molecule has 0 spiro atoms. The van der Waals surface area contributed by atoms with E-state index in [0.717, 1.165) is 11.3 Å². The smallest absolute Gasteiger partial charge is 0.271 e. The van der Waals surface area contributed by atoms with E-state index in [-0.39, 0.29) is 24.1 Å². The Hall–Kier alpha value is -3.53. The molecule has 0 bridgehead atoms. The van der Waals surface area contributed by atoms with Gasteiger partial charge in [0.25, 0.3) is 5.69 Å². The van der Waals surface area contributed by atoms with Crippen LogP contribution in [0.25, 0.3) is 0 Å². The average molecular weight is 412 g/mol. The molecule has 1 amide bonds. The van der Waals surface area contributed by atoms with Crippen molar-refractivity contribution in [3.05, 3.63) is 70.5 Å². The highest BCUT2D eigenvalue weighted by atomic mass is 32.2. The first-order chi connectivity index (χ1) is 14.1. The summed E-state index contributed by atoms with van der Waals surface area (Å²) in [5, 5.41) is 14.2. The number of carbonyl (C=O) groups is 1. The van der Waals surface area contributed by atoms with Crippen LogP contribution in [0.15, 0.2) is 60.0 Å². The van der Waals surface area contributed by atoms with Crippen LogP contribution in [0.4, 0.5) is 11.4 Å². The predicted octanol–water partition coefficient (Wildman–Crippen LogP) is 3.30. The third kappa shape index (κ3) is 4.49. The number of carbonyl (C=O) groups excluding carboxylic acids is 1. The molecule has 2 aromatic carbocycles. The first-order valence-corrected chi connectivity index (χ1v) is 9.64. The summed E-state index contributed by atoms with van der Waals surface area (Å²) in [6, 6.07) is 11.6. The van der Waals surface area contributed by atoms with Crippen LogP contribution >= 0.6 is 11.8 Å². The second kappa shape index (κ2) is 8.23. The van der Waals surface area contributed by atoms with Gasteiger partial charge in [-0.2, -0.15) is 0 Å². The molecule has 2 heterocycles. The van der Waals surface area contributed by atoms with Gasteiger partial charge < -0.3 is 19.4 Å². The van der Waals surface area contributed by atoms with E-state index >= 15 is 0 Å². The topological polar surface area (TPSA) is 109 Å². The normalized spacial score (nSPS) is 12.0. The van der Waals surface area contributed by atoms with Crippen LogP contribution in [-0.4, -0.2) is 32.9 Å². The van der Waals surface area contributed by atoms with Gasteiger partial charge in [0.15, 0.2) is 16.7 Å². The van der Waals surface area contributed by atoms with Crippen LogP contribution < -0.4 is 14.8 Å². The highest BCUT2D eigenvalue weighted by Crippen LogP contribution is 2.33. The van der Waals surface area contributed by atoms with E-state index in [1.807, 2.05) is 29.0 Å². The van der Waals surface area contributed by atoms with Gasteiger partial charge in [0, 0.05) is 36.8 Å². The van der Waals surface area contributed by atoms with Crippen molar-refractivity contribution in [3.8, 4) is 11.5 Å². The molecule has 9 nitrogen and oxygen atoms in total. The van der Waals surface area contributed by atoms with Crippen LogP contribution in [0.3, 0.4) is 0 Å². The summed E-state index contributed by atoms with van der Waals surface area (Å²) >= 11 is 1.29. The Kier molecular flexibility index (Phi) is 5.34. The summed E-state index contributed by atoms with van der Waals surface area (Å²) in [4.78, 5) is 26.8. The molecule has 1 aliphatic heterocycles. The van der Waals surface area contributed by atoms with Crippen LogP contribution in [0, 0.1) is 10.1 Å². The van der Waals surface area contributed by atoms with Gasteiger partial charge in [0.1, 0.15) is 0 Å². The van der Waals surface area contributed by atoms with Crippen LogP contribution in [-0.2, 0) is 11.3 Å². The molecule has 0 saturated heterocycles. The number of rotatable bonds is 7. The summed E-state index contributed by atoms with van der Waals surface area (Å²) in [7, 11) is 0. The van der Waals surface area contributed by atoms with E-state index in [4.69, 9.17) is 9.47 Å². The van der Waals surface area contributed by atoms with Crippen molar-refractivity contribution in [2.45, 2.75) is 11.7 Å². The van der Waals surface area contributed by atoms with Gasteiger partial charge in [-0.1, -0.05) is 23.9 Å². The van der Waals surface area contributed by atoms with Crippen LogP contribution in [0.1, 0.15) is 5.56 Å². The molecule has 29 heavy (non-hydrogen) atoms. The van der Waals surface area contributed by atoms with Crippen molar-refractivity contribution < 1.29 is 19.2 Å². The Balaban J connectivity index is 1.36. The number of hydrogen-bond donors (Lipinski definition) is 1. The molecular formula is C19H16N4O5S. The van der Waals surface area contributed by atoms with Gasteiger partial charge in [0.2, 0.25) is 12.7 Å². The zero-order chi connectivity index (χ0) is 20.2. The van der Waals surface area contributed by atoms with Crippen molar-refractivity contribution in [2.24, 2.45) is 0 Å². The van der Waals surface area contributed by atoms with Gasteiger partial charge in [-0.3, -0.25) is 14.9 Å². The molecule has 0 saturated carbocycles. The van der Waals surface area contributed by atoms with Crippen molar-refractivity contribution in [1.29, 1.82) is 0 Å². The number of ether oxygens (including phenoxy) is 2. The molecule has 0 radical (unpaired) electrons. The van der Waals surface area contributed by atoms with Gasteiger partial charge >= 0.3 is 0 Å². The molecule has 3 aromatic rings. The maximum Gasteiger partial charge on any atom is 0.271 e. The van der Waals surface area contributed by atoms with Crippen molar-refractivity contribution in [1.82, 2.24) is 9.55 Å². The van der Waals surface area contributed by atoms with E-state index in [1.165, 1.54) is 30.0 Å². The van der Waals surface area contributed by atoms with Crippen molar-refractivity contribution >= 4 is 29.0 Å². The monoisotopic (exact) mass is 412 g/mol. The number of aromatic nitrogens is 2. The zero-order valence-corrected chi connectivity index (χ0v) is 15.9. The van der Waals surface area contributed by atoms with E-state index in [0.29, 0.717) is 23.1 Å². The van der Waals surface area contributed by atoms with Crippen molar-refractivity contribution in [2.75, 3.05) is 17.9 Å². The van der Waals surface area contributed by atoms with Gasteiger partial charge in [-0.05, 0) is 23.8 Å². The number of benzene rings is 2. The number of non-ortho nitro benzene ring substituents is 1. The second-order valence-electron chi connectivity index (χ2n) is 6.17. The third-order valence-electron chi connectivity index (χ3n) is 4.14. The van der Waals surface area contributed by atoms with Gasteiger partial charge in [-0.25, -0.2) is 4.98 Å². The highest BCUT2D eigenvalue weighted by molar-refractivity contribution is 7.99. The quantitative estimate of drug-likeness (QED) is 0.360. The third-order valence-corrected chi connectivity index (χ3v) is 5.14. The maximum atomic E-state index is 12.2. The Morgan fingerprint density at radius 2 is 2.10 bits per heavy atom. The molecule has 0 unspecified atom stereocenters. The lowest BCUT2D eigenvalue weighted by Crippen LogP contribution is -2.14. The SMILES string of the molecule is O=C(CSc1nccn1Cc1ccc2c(c1)OCO2)Nc1cccc([N+](=O)[O-])c1. The minimum Gasteiger partial charge on any atom is -0.454 e. The number of amides is 1. The molecule has 148 valence electrons. The Labute approximate surface area is 169 Å². The van der Waals surface area contributed by atoms with Gasteiger partial charge in [-0.15, -0.1) is 0 Å². The molecule has 0 aliphatic carbocycles. The molecule has 0 atom stereocenters. The minimum absolute atomic E-state index is 0.0743. The first-order valence-electron chi connectivity index (χ1n) is 8.65. The average Bonchev–Trinajstić information content (AvgIpc) is 3.35. The predicted molar refractivity (Wildman–Crippen MR) is 106 cm³/mol. The number of hydrogen-bond acceptors (Lipinski definition) is 7. The number of thioether (sulfide) groups is 1. The Morgan fingerprint density at radius 3 is 2.97 bits per heavy atom. The van der Waals surface area contributed by atoms with E-state index in [2.05, 4.69) is 10.3 Å². The summed E-state index contributed by atoms with van der Waals surface area (Å²) in [6.07, 6.45) is 3.51. The summed E-state index contributed by atoms with van der Waals surface area (Å²) in [5.41, 5.74) is 1.33. The number of anilines is 1. The standard InChI is InChI=1S/C19H16N4O5S/c24-18(21-14-2-1-3-15(9-14)23(25)26)11-29-19-20-6-7-22(19)10-13-4-5-16-17(8-13)28-12-27-16/h1-9H,10-12H2,(H,21,24). The van der Waals surface area contributed by atoms with E-state index in [1.54, 1.807) is 12.3 Å². The summed E-state index contributed by atoms with van der Waals surface area (Å²) in [6.45, 7) is 0.802. The number of nitro benzene ring substituents is 1. The molecule has 1 aromatic heterocycles. The van der Waals surface area contributed by atoms with Crippen molar-refractivity contribution in [3.63, 3.8) is 0 Å². The largest absolute Gasteiger partial charge is 0.454 e. The number of nitro groups is 1. The lowest BCUT2D eigenvalue weighted by molar-refractivity contribution is -0.384. The second-order valence-corrected chi connectivity index (χ2v) is 7.11. The summed E-state index contributed by atoms with van der Waals surface area (Å²) in [5.74, 6) is 1.30. The lowest BCUT2D eigenvalue weighted by atomic mass is 10.2. The van der Waals surface area contributed by atoms with E-state index in [9.17, 15) is 14.9 Å². The molecule has 4 rings (SSSR count).